The van der Waals surface area contributed by atoms with Gasteiger partial charge in [0.2, 0.25) is 5.91 Å². The Morgan fingerprint density at radius 2 is 1.81 bits per heavy atom. The van der Waals surface area contributed by atoms with E-state index in [-0.39, 0.29) is 18.0 Å². The lowest BCUT2D eigenvalue weighted by Gasteiger charge is -2.39. The largest absolute Gasteiger partial charge is 0.394 e. The Kier molecular flexibility index (Phi) is 9.28. The van der Waals surface area contributed by atoms with E-state index < -0.39 is 77.4 Å². The lowest BCUT2D eigenvalue weighted by molar-refractivity contribution is -0.308. The minimum atomic E-state index is -1.62. The minimum absolute atomic E-state index is 0.0332. The summed E-state index contributed by atoms with van der Waals surface area (Å²) < 4.78 is 41.1. The van der Waals surface area contributed by atoms with E-state index in [1.807, 2.05) is 0 Å². The third-order valence-electron chi connectivity index (χ3n) is 5.33. The predicted octanol–water partition coefficient (Wildman–Crippen LogP) is 0.718. The molecule has 14 heteroatoms. The van der Waals surface area contributed by atoms with Gasteiger partial charge < -0.3 is 35.2 Å². The zero-order valence-electron chi connectivity index (χ0n) is 20.3. The van der Waals surface area contributed by atoms with Crippen LogP contribution in [0.5, 0.6) is 0 Å². The molecule has 1 fully saturated rings. The highest BCUT2D eigenvalue weighted by molar-refractivity contribution is 7.07. The van der Waals surface area contributed by atoms with Crippen molar-refractivity contribution in [2.75, 3.05) is 11.9 Å². The van der Waals surface area contributed by atoms with Crippen LogP contribution in [-0.2, 0) is 21.0 Å². The molecule has 5 N–H and O–H groups in total. The maximum Gasteiger partial charge on any atom is 0.279 e. The first-order valence-corrected chi connectivity index (χ1v) is 12.1. The van der Waals surface area contributed by atoms with Crippen molar-refractivity contribution in [1.29, 1.82) is 0 Å². The van der Waals surface area contributed by atoms with Crippen LogP contribution in [0.2, 0.25) is 0 Å². The predicted molar refractivity (Wildman–Crippen MR) is 126 cm³/mol. The molecule has 0 aliphatic carbocycles. The van der Waals surface area contributed by atoms with E-state index in [0.29, 0.717) is 0 Å². The molecule has 2 aromatic rings. The molecule has 0 spiro atoms. The van der Waals surface area contributed by atoms with Crippen molar-refractivity contribution in [3.63, 3.8) is 0 Å². The Bertz CT molecular complexity index is 1170. The van der Waals surface area contributed by atoms with Crippen LogP contribution in [0.25, 0.3) is 0 Å². The summed E-state index contributed by atoms with van der Waals surface area (Å²) >= 11 is 1.01. The average Bonchev–Trinajstić information content (AvgIpc) is 3.25. The van der Waals surface area contributed by atoms with Crippen molar-refractivity contribution in [2.24, 2.45) is 10.4 Å². The fourth-order valence-electron chi connectivity index (χ4n) is 3.48. The first-order valence-electron chi connectivity index (χ1n) is 11.2. The van der Waals surface area contributed by atoms with Crippen molar-refractivity contribution in [3.8, 4) is 0 Å². The van der Waals surface area contributed by atoms with Crippen molar-refractivity contribution in [1.82, 2.24) is 4.57 Å². The number of nitrogens with zero attached hydrogens (tertiary/aromatic N) is 2. The molecule has 2 amide bonds. The van der Waals surface area contributed by atoms with Crippen LogP contribution in [-0.4, -0.2) is 74.1 Å². The third-order valence-corrected chi connectivity index (χ3v) is 6.12. The maximum atomic E-state index is 14.5. The number of rotatable bonds is 7. The number of hydrogen-bond acceptors (Lipinski definition) is 9. The number of carbonyl (C=O) groups is 2. The number of aliphatic hydroxyl groups is 4. The van der Waals surface area contributed by atoms with Gasteiger partial charge in [-0.25, -0.2) is 8.78 Å². The molecule has 2 heterocycles. The van der Waals surface area contributed by atoms with Crippen LogP contribution in [0.4, 0.5) is 14.5 Å². The zero-order valence-corrected chi connectivity index (χ0v) is 21.1. The van der Waals surface area contributed by atoms with E-state index in [4.69, 9.17) is 9.47 Å². The monoisotopic (exact) mass is 545 g/mol. The van der Waals surface area contributed by atoms with E-state index in [1.165, 1.54) is 10.8 Å². The fraction of sp³-hybridized carbons (Fsp3) is 0.522. The number of ether oxygens (including phenoxy) is 2. The van der Waals surface area contributed by atoms with Gasteiger partial charge in [0.25, 0.3) is 5.91 Å². The van der Waals surface area contributed by atoms with E-state index in [9.17, 15) is 38.8 Å². The number of amides is 2. The second-order valence-corrected chi connectivity index (χ2v) is 10.5. The second-order valence-electron chi connectivity index (χ2n) is 9.67. The number of hydrogen-bond donors (Lipinski definition) is 5. The Hall–Kier alpha value is -2.59. The molecule has 204 valence electrons. The smallest absolute Gasteiger partial charge is 0.279 e. The highest BCUT2D eigenvalue weighted by Crippen LogP contribution is 2.25. The molecule has 37 heavy (non-hydrogen) atoms. The average molecular weight is 546 g/mol. The van der Waals surface area contributed by atoms with Gasteiger partial charge in [-0.3, -0.25) is 14.2 Å². The molecular weight excluding hydrogens is 516 g/mol. The summed E-state index contributed by atoms with van der Waals surface area (Å²) in [7, 11) is 0. The molecule has 1 saturated heterocycles. The number of nitrogens with one attached hydrogen (secondary N) is 1. The van der Waals surface area contributed by atoms with Crippen molar-refractivity contribution >= 4 is 28.8 Å². The summed E-state index contributed by atoms with van der Waals surface area (Å²) in [4.78, 5) is 28.6. The Balaban J connectivity index is 1.73. The highest BCUT2D eigenvalue weighted by atomic mass is 32.1. The summed E-state index contributed by atoms with van der Waals surface area (Å²) in [5.41, 5.74) is -1.45. The third kappa shape index (κ3) is 7.25. The number of benzene rings is 1. The Morgan fingerprint density at radius 3 is 2.41 bits per heavy atom. The normalized spacial score (nSPS) is 24.8. The maximum absolute atomic E-state index is 14.5. The molecule has 0 bridgehead atoms. The molecule has 1 aliphatic heterocycles. The van der Waals surface area contributed by atoms with E-state index in [0.717, 1.165) is 23.5 Å². The lowest BCUT2D eigenvalue weighted by atomic mass is 9.92. The quantitative estimate of drug-likeness (QED) is 0.340. The second kappa shape index (κ2) is 11.9. The number of carbonyl (C=O) groups excluding carboxylic acids is 2. The molecule has 5 atom stereocenters. The van der Waals surface area contributed by atoms with Crippen LogP contribution in [0.15, 0.2) is 28.7 Å². The molecule has 4 unspecified atom stereocenters. The summed E-state index contributed by atoms with van der Waals surface area (Å²) in [6, 6.07) is 1.54. The first kappa shape index (κ1) is 29.0. The van der Waals surface area contributed by atoms with Gasteiger partial charge in [0.05, 0.1) is 6.61 Å². The number of aromatic nitrogens is 1. The standard InChI is InChI=1S/C23H29F2N3O8S/c1-23(2,3)8-15(30)26-16-12(24)6-11(7-13(16)25)20(34)27-22-28(4-5-37-22)10-35-21-19(33)18(32)17(31)14(9-29)36-21/h4-7,14,17-19,21,29,31-33H,8-10H2,1-3H3,(H,26,30)/t14?,17?,18?,19?,21-/m0/s1. The summed E-state index contributed by atoms with van der Waals surface area (Å²) in [5, 5.41) is 42.8. The molecular formula is C23H29F2N3O8S. The van der Waals surface area contributed by atoms with Crippen molar-refractivity contribution in [3.05, 3.63) is 45.7 Å². The summed E-state index contributed by atoms with van der Waals surface area (Å²) in [6.45, 7) is 4.45. The molecule has 0 saturated carbocycles. The molecule has 3 rings (SSSR count). The van der Waals surface area contributed by atoms with Crippen LogP contribution >= 0.6 is 11.3 Å². The van der Waals surface area contributed by atoms with Crippen LogP contribution in [0, 0.1) is 17.0 Å². The van der Waals surface area contributed by atoms with Gasteiger partial charge in [-0.1, -0.05) is 20.8 Å². The summed E-state index contributed by atoms with van der Waals surface area (Å²) in [5.74, 6) is -3.81. The van der Waals surface area contributed by atoms with Crippen LogP contribution in [0.3, 0.4) is 0 Å². The van der Waals surface area contributed by atoms with Crippen molar-refractivity contribution in [2.45, 2.75) is 64.6 Å². The van der Waals surface area contributed by atoms with E-state index in [2.05, 4.69) is 10.3 Å². The van der Waals surface area contributed by atoms with Gasteiger partial charge in [0.1, 0.15) is 36.8 Å². The van der Waals surface area contributed by atoms with Crippen molar-refractivity contribution < 1.29 is 48.3 Å². The lowest BCUT2D eigenvalue weighted by Crippen LogP contribution is -2.59. The molecule has 1 aromatic heterocycles. The summed E-state index contributed by atoms with van der Waals surface area (Å²) in [6.07, 6.45) is -5.84. The molecule has 1 aromatic carbocycles. The van der Waals surface area contributed by atoms with Gasteiger partial charge in [-0.2, -0.15) is 4.99 Å². The molecule has 0 radical (unpaired) electrons. The number of anilines is 1. The van der Waals surface area contributed by atoms with Gasteiger partial charge in [0.15, 0.2) is 22.7 Å². The molecule has 11 nitrogen and oxygen atoms in total. The number of aliphatic hydroxyl groups excluding tert-OH is 4. The highest BCUT2D eigenvalue weighted by Gasteiger charge is 2.44. The van der Waals surface area contributed by atoms with Gasteiger partial charge in [-0.15, -0.1) is 11.3 Å². The van der Waals surface area contributed by atoms with Gasteiger partial charge >= 0.3 is 0 Å². The first-order chi connectivity index (χ1) is 17.3. The van der Waals surface area contributed by atoms with E-state index in [1.54, 1.807) is 26.2 Å². The number of halogens is 2. The Labute approximate surface area is 214 Å². The van der Waals surface area contributed by atoms with Crippen LogP contribution in [0.1, 0.15) is 37.6 Å². The number of thiazole rings is 1. The molecule has 1 aliphatic rings. The van der Waals surface area contributed by atoms with E-state index >= 15 is 0 Å². The minimum Gasteiger partial charge on any atom is -0.394 e. The van der Waals surface area contributed by atoms with Gasteiger partial charge in [-0.05, 0) is 17.5 Å². The Morgan fingerprint density at radius 1 is 1.16 bits per heavy atom. The zero-order chi connectivity index (χ0) is 27.5. The SMILES string of the molecule is CC(C)(C)CC(=O)Nc1c(F)cc(C(=O)N=c2sccn2CO[C@H]2OC(CO)C(O)C(O)C2O)cc1F. The fourth-order valence-corrected chi connectivity index (χ4v) is 4.19. The van der Waals surface area contributed by atoms with Crippen LogP contribution < -0.4 is 10.1 Å². The van der Waals surface area contributed by atoms with Gasteiger partial charge in [0, 0.05) is 23.6 Å². The topological polar surface area (TPSA) is 163 Å².